The highest BCUT2D eigenvalue weighted by atomic mass is 16.5. The van der Waals surface area contributed by atoms with Crippen LogP contribution in [0.25, 0.3) is 0 Å². The molecular weight excluding hydrogens is 266 g/mol. The molecular formula is C16H19N3O2. The smallest absolute Gasteiger partial charge is 0.234 e. The second kappa shape index (κ2) is 7.40. The summed E-state index contributed by atoms with van der Waals surface area (Å²) >= 11 is 0. The van der Waals surface area contributed by atoms with Crippen LogP contribution in [0.3, 0.4) is 0 Å². The first-order valence-corrected chi connectivity index (χ1v) is 6.74. The molecule has 1 aromatic heterocycles. The van der Waals surface area contributed by atoms with Gasteiger partial charge in [-0.25, -0.2) is 0 Å². The van der Waals surface area contributed by atoms with E-state index in [-0.39, 0.29) is 18.5 Å². The van der Waals surface area contributed by atoms with Gasteiger partial charge in [-0.15, -0.1) is 0 Å². The predicted molar refractivity (Wildman–Crippen MR) is 81.1 cm³/mol. The maximum absolute atomic E-state index is 12.0. The zero-order valence-corrected chi connectivity index (χ0v) is 12.2. The number of carbonyl (C=O) groups is 1. The number of pyridine rings is 1. The summed E-state index contributed by atoms with van der Waals surface area (Å²) in [4.78, 5) is 16.3. The van der Waals surface area contributed by atoms with Gasteiger partial charge in [0.2, 0.25) is 5.91 Å². The predicted octanol–water partition coefficient (Wildman–Crippen LogP) is 1.52. The summed E-state index contributed by atoms with van der Waals surface area (Å²) in [5.41, 5.74) is 1.65. The number of benzene rings is 1. The number of carbonyl (C=O) groups excluding carboxylic acids is 1. The number of ether oxygens (including phenoxy) is 1. The van der Waals surface area contributed by atoms with Crippen molar-refractivity contribution in [1.29, 1.82) is 0 Å². The highest BCUT2D eigenvalue weighted by Crippen LogP contribution is 2.28. The van der Waals surface area contributed by atoms with E-state index < -0.39 is 0 Å². The van der Waals surface area contributed by atoms with E-state index in [1.54, 1.807) is 20.4 Å². The lowest BCUT2D eigenvalue weighted by Gasteiger charge is -2.21. The summed E-state index contributed by atoms with van der Waals surface area (Å²) in [5, 5.41) is 5.82. The van der Waals surface area contributed by atoms with Crippen LogP contribution < -0.4 is 15.4 Å². The molecule has 0 aliphatic heterocycles. The van der Waals surface area contributed by atoms with E-state index in [0.29, 0.717) is 0 Å². The number of para-hydroxylation sites is 1. The molecule has 1 unspecified atom stereocenters. The highest BCUT2D eigenvalue weighted by Gasteiger charge is 2.20. The van der Waals surface area contributed by atoms with Gasteiger partial charge < -0.3 is 15.4 Å². The van der Waals surface area contributed by atoms with E-state index in [2.05, 4.69) is 15.6 Å². The minimum Gasteiger partial charge on any atom is -0.496 e. The highest BCUT2D eigenvalue weighted by molar-refractivity contribution is 5.79. The van der Waals surface area contributed by atoms with Crippen LogP contribution in [0.4, 0.5) is 0 Å². The molecule has 1 amide bonds. The molecule has 2 aromatic rings. The first kappa shape index (κ1) is 15.0. The summed E-state index contributed by atoms with van der Waals surface area (Å²) in [6.45, 7) is 0.248. The molecule has 1 aromatic carbocycles. The first-order chi connectivity index (χ1) is 10.3. The molecule has 2 rings (SSSR count). The Morgan fingerprint density at radius 2 is 2.00 bits per heavy atom. The van der Waals surface area contributed by atoms with Crippen LogP contribution in [0.1, 0.15) is 17.3 Å². The van der Waals surface area contributed by atoms with Gasteiger partial charge in [-0.05, 0) is 25.2 Å². The number of methoxy groups -OCH3 is 1. The number of likely N-dealkylation sites (N-methyl/N-ethyl adjacent to an activating group) is 1. The van der Waals surface area contributed by atoms with Crippen LogP contribution in [-0.4, -0.2) is 31.6 Å². The topological polar surface area (TPSA) is 63.2 Å². The lowest BCUT2D eigenvalue weighted by Crippen LogP contribution is -2.36. The Balaban J connectivity index is 2.38. The molecule has 1 heterocycles. The lowest BCUT2D eigenvalue weighted by atomic mass is 10.0. The van der Waals surface area contributed by atoms with E-state index in [0.717, 1.165) is 17.0 Å². The molecule has 0 spiro atoms. The van der Waals surface area contributed by atoms with Crippen molar-refractivity contribution in [2.75, 3.05) is 20.7 Å². The van der Waals surface area contributed by atoms with E-state index in [9.17, 15) is 4.79 Å². The molecule has 0 saturated carbocycles. The Bertz CT molecular complexity index is 587. The minimum absolute atomic E-state index is 0.0981. The van der Waals surface area contributed by atoms with Gasteiger partial charge in [-0.1, -0.05) is 24.3 Å². The molecule has 0 bridgehead atoms. The number of nitrogens with zero attached hydrogens (tertiary/aromatic N) is 1. The van der Waals surface area contributed by atoms with Crippen LogP contribution in [0, 0.1) is 0 Å². The molecule has 1 atom stereocenters. The zero-order chi connectivity index (χ0) is 15.1. The van der Waals surface area contributed by atoms with Gasteiger partial charge in [0, 0.05) is 11.8 Å². The largest absolute Gasteiger partial charge is 0.496 e. The van der Waals surface area contributed by atoms with Crippen molar-refractivity contribution in [3.63, 3.8) is 0 Å². The van der Waals surface area contributed by atoms with E-state index in [4.69, 9.17) is 4.74 Å². The molecule has 21 heavy (non-hydrogen) atoms. The second-order valence-electron chi connectivity index (χ2n) is 4.53. The molecule has 0 fully saturated rings. The number of hydrogen-bond donors (Lipinski definition) is 2. The van der Waals surface area contributed by atoms with Crippen molar-refractivity contribution in [3.05, 3.63) is 59.9 Å². The number of hydrogen-bond acceptors (Lipinski definition) is 4. The van der Waals surface area contributed by atoms with Crippen LogP contribution in [0.15, 0.2) is 48.7 Å². The fourth-order valence-corrected chi connectivity index (χ4v) is 2.14. The number of aromatic nitrogens is 1. The van der Waals surface area contributed by atoms with Crippen molar-refractivity contribution < 1.29 is 9.53 Å². The monoisotopic (exact) mass is 285 g/mol. The van der Waals surface area contributed by atoms with Crippen molar-refractivity contribution in [2.45, 2.75) is 6.04 Å². The van der Waals surface area contributed by atoms with Gasteiger partial charge in [0.05, 0.1) is 19.3 Å². The van der Waals surface area contributed by atoms with Crippen molar-refractivity contribution in [1.82, 2.24) is 15.6 Å². The van der Waals surface area contributed by atoms with Gasteiger partial charge in [0.25, 0.3) is 0 Å². The molecule has 0 radical (unpaired) electrons. The zero-order valence-electron chi connectivity index (χ0n) is 12.2. The standard InChI is InChI=1S/C16H19N3O2/c1-17-11-15(20)19-16(13-8-5-6-10-18-13)12-7-3-4-9-14(12)21-2/h3-10,16-17H,11H2,1-2H3,(H,19,20). The van der Waals surface area contributed by atoms with Crippen LogP contribution >= 0.6 is 0 Å². The van der Waals surface area contributed by atoms with Crippen molar-refractivity contribution in [2.24, 2.45) is 0 Å². The summed E-state index contributed by atoms with van der Waals surface area (Å²) in [7, 11) is 3.35. The quantitative estimate of drug-likeness (QED) is 0.844. The molecule has 5 nitrogen and oxygen atoms in total. The molecule has 0 aliphatic rings. The first-order valence-electron chi connectivity index (χ1n) is 6.74. The molecule has 110 valence electrons. The Hall–Kier alpha value is -2.40. The van der Waals surface area contributed by atoms with E-state index >= 15 is 0 Å². The Kier molecular flexibility index (Phi) is 5.29. The third kappa shape index (κ3) is 3.79. The second-order valence-corrected chi connectivity index (χ2v) is 4.53. The number of rotatable bonds is 6. The van der Waals surface area contributed by atoms with Gasteiger partial charge in [0.1, 0.15) is 11.8 Å². The maximum atomic E-state index is 12.0. The summed E-state index contributed by atoms with van der Waals surface area (Å²) in [5.74, 6) is 0.622. The lowest BCUT2D eigenvalue weighted by molar-refractivity contribution is -0.120. The van der Waals surface area contributed by atoms with Gasteiger partial charge in [0.15, 0.2) is 0 Å². The summed E-state index contributed by atoms with van der Waals surface area (Å²) in [6, 6.07) is 12.9. The average Bonchev–Trinajstić information content (AvgIpc) is 2.54. The van der Waals surface area contributed by atoms with Gasteiger partial charge in [-0.3, -0.25) is 9.78 Å². The molecule has 5 heteroatoms. The van der Waals surface area contributed by atoms with E-state index in [1.165, 1.54) is 0 Å². The average molecular weight is 285 g/mol. The normalized spacial score (nSPS) is 11.7. The SMILES string of the molecule is CNCC(=O)NC(c1ccccn1)c1ccccc1OC. The third-order valence-corrected chi connectivity index (χ3v) is 3.08. The maximum Gasteiger partial charge on any atom is 0.234 e. The fourth-order valence-electron chi connectivity index (χ4n) is 2.14. The van der Waals surface area contributed by atoms with Crippen molar-refractivity contribution >= 4 is 5.91 Å². The summed E-state index contributed by atoms with van der Waals surface area (Å²) in [6.07, 6.45) is 1.71. The van der Waals surface area contributed by atoms with Crippen molar-refractivity contribution in [3.8, 4) is 5.75 Å². The van der Waals surface area contributed by atoms with Gasteiger partial charge >= 0.3 is 0 Å². The fraction of sp³-hybridized carbons (Fsp3) is 0.250. The number of nitrogens with one attached hydrogen (secondary N) is 2. The van der Waals surface area contributed by atoms with E-state index in [1.807, 2.05) is 42.5 Å². The minimum atomic E-state index is -0.344. The summed E-state index contributed by atoms with van der Waals surface area (Å²) < 4.78 is 5.39. The Labute approximate surface area is 124 Å². The van der Waals surface area contributed by atoms with Crippen LogP contribution in [0.2, 0.25) is 0 Å². The Morgan fingerprint density at radius 1 is 1.24 bits per heavy atom. The van der Waals surface area contributed by atoms with Gasteiger partial charge in [-0.2, -0.15) is 0 Å². The van der Waals surface area contributed by atoms with Crippen LogP contribution in [-0.2, 0) is 4.79 Å². The third-order valence-electron chi connectivity index (χ3n) is 3.08. The van der Waals surface area contributed by atoms with Crippen LogP contribution in [0.5, 0.6) is 5.75 Å². The number of amides is 1. The molecule has 0 saturated heterocycles. The molecule has 2 N–H and O–H groups in total. The molecule has 0 aliphatic carbocycles. The Morgan fingerprint density at radius 3 is 2.67 bits per heavy atom.